The molecule has 3 aromatic carbocycles. The number of amides is 1. The van der Waals surface area contributed by atoms with Gasteiger partial charge >= 0.3 is 0 Å². The molecule has 4 rings (SSSR count). The molecule has 0 radical (unpaired) electrons. The van der Waals surface area contributed by atoms with E-state index in [2.05, 4.69) is 10.3 Å². The number of aryl methyl sites for hydroxylation is 3. The lowest BCUT2D eigenvalue weighted by molar-refractivity contribution is 0.0943. The summed E-state index contributed by atoms with van der Waals surface area (Å²) in [5.74, 6) is -0.499. The Morgan fingerprint density at radius 1 is 0.906 bits per heavy atom. The van der Waals surface area contributed by atoms with Gasteiger partial charge in [0.15, 0.2) is 0 Å². The molecule has 1 amide bonds. The number of benzene rings is 3. The lowest BCUT2D eigenvalue weighted by atomic mass is 10.1. The summed E-state index contributed by atoms with van der Waals surface area (Å²) in [6.45, 7) is 5.95. The van der Waals surface area contributed by atoms with Gasteiger partial charge in [-0.3, -0.25) is 4.79 Å². The van der Waals surface area contributed by atoms with Gasteiger partial charge in [-0.15, -0.1) is 0 Å². The van der Waals surface area contributed by atoms with Crippen LogP contribution in [0.2, 0.25) is 5.02 Å². The van der Waals surface area contributed by atoms with Gasteiger partial charge in [0.05, 0.1) is 4.90 Å². The predicted molar refractivity (Wildman–Crippen MR) is 127 cm³/mol. The van der Waals surface area contributed by atoms with Crippen LogP contribution in [0.5, 0.6) is 0 Å². The maximum atomic E-state index is 13.7. The van der Waals surface area contributed by atoms with Crippen LogP contribution >= 0.6 is 11.6 Å². The van der Waals surface area contributed by atoms with Crippen LogP contribution in [0.15, 0.2) is 70.5 Å². The molecule has 0 bridgehead atoms. The number of sulfone groups is 1. The lowest BCUT2D eigenvalue weighted by Crippen LogP contribution is -2.25. The Balaban J connectivity index is 1.82. The van der Waals surface area contributed by atoms with Crippen molar-refractivity contribution in [2.24, 2.45) is 0 Å². The molecule has 0 unspecified atom stereocenters. The Morgan fingerprint density at radius 2 is 1.56 bits per heavy atom. The van der Waals surface area contributed by atoms with Crippen LogP contribution in [-0.2, 0) is 16.4 Å². The summed E-state index contributed by atoms with van der Waals surface area (Å²) in [6.07, 6.45) is 0. The summed E-state index contributed by atoms with van der Waals surface area (Å²) in [4.78, 5) is 16.2. The van der Waals surface area contributed by atoms with Gasteiger partial charge in [-0.1, -0.05) is 47.5 Å². The fourth-order valence-corrected chi connectivity index (χ4v) is 5.72. The maximum Gasteiger partial charge on any atom is 0.269 e. The molecule has 0 saturated carbocycles. The molecule has 32 heavy (non-hydrogen) atoms. The van der Waals surface area contributed by atoms with Gasteiger partial charge in [-0.05, 0) is 67.8 Å². The third kappa shape index (κ3) is 4.29. The Kier molecular flexibility index (Phi) is 5.84. The second-order valence-electron chi connectivity index (χ2n) is 8.01. The normalized spacial score (nSPS) is 11.6. The number of H-pyrrole nitrogens is 1. The van der Waals surface area contributed by atoms with E-state index in [1.807, 2.05) is 51.1 Å². The highest BCUT2D eigenvalue weighted by atomic mass is 35.5. The molecule has 0 aliphatic carbocycles. The molecule has 4 aromatic rings. The fourth-order valence-electron chi connectivity index (χ4n) is 3.76. The summed E-state index contributed by atoms with van der Waals surface area (Å²) in [5, 5.41) is 3.60. The van der Waals surface area contributed by atoms with Crippen LogP contribution < -0.4 is 5.32 Å². The first-order valence-electron chi connectivity index (χ1n) is 10.1. The van der Waals surface area contributed by atoms with E-state index in [9.17, 15) is 13.2 Å². The fraction of sp³-hybridized carbons (Fsp3) is 0.160. The molecule has 1 heterocycles. The number of halogens is 1. The first-order chi connectivity index (χ1) is 15.1. The van der Waals surface area contributed by atoms with E-state index in [-0.39, 0.29) is 22.0 Å². The van der Waals surface area contributed by atoms with Crippen molar-refractivity contribution in [3.05, 3.63) is 93.6 Å². The Hall–Kier alpha value is -3.09. The monoisotopic (exact) mass is 466 g/mol. The van der Waals surface area contributed by atoms with Crippen LogP contribution in [-0.4, -0.2) is 19.3 Å². The average molecular weight is 467 g/mol. The standard InChI is InChI=1S/C25H23ClN2O3S/c1-15-4-6-18(7-5-15)14-27-25(29)23-24(21-13-19(26)8-9-22(21)28-23)32(30,31)20-11-16(2)10-17(3)12-20/h4-13,28H,14H2,1-3H3,(H,27,29). The zero-order chi connectivity index (χ0) is 23.0. The summed E-state index contributed by atoms with van der Waals surface area (Å²) < 4.78 is 27.4. The first-order valence-corrected chi connectivity index (χ1v) is 12.0. The number of rotatable bonds is 5. The van der Waals surface area contributed by atoms with Gasteiger partial charge in [-0.2, -0.15) is 0 Å². The largest absolute Gasteiger partial charge is 0.349 e. The average Bonchev–Trinajstić information content (AvgIpc) is 3.12. The summed E-state index contributed by atoms with van der Waals surface area (Å²) in [5.41, 5.74) is 4.21. The molecule has 164 valence electrons. The summed E-state index contributed by atoms with van der Waals surface area (Å²) >= 11 is 6.17. The molecule has 5 nitrogen and oxygen atoms in total. The van der Waals surface area contributed by atoms with E-state index >= 15 is 0 Å². The van der Waals surface area contributed by atoms with Crippen molar-refractivity contribution in [1.82, 2.24) is 10.3 Å². The molecule has 0 fully saturated rings. The minimum atomic E-state index is -4.00. The van der Waals surface area contributed by atoms with E-state index in [1.54, 1.807) is 30.3 Å². The smallest absolute Gasteiger partial charge is 0.269 e. The van der Waals surface area contributed by atoms with Gasteiger partial charge in [0, 0.05) is 22.5 Å². The van der Waals surface area contributed by atoms with E-state index in [1.165, 1.54) is 0 Å². The van der Waals surface area contributed by atoms with Crippen molar-refractivity contribution < 1.29 is 13.2 Å². The van der Waals surface area contributed by atoms with Crippen molar-refractivity contribution in [2.45, 2.75) is 37.1 Å². The Labute approximate surface area is 192 Å². The number of aromatic amines is 1. The minimum absolute atomic E-state index is 0.00598. The molecular formula is C25H23ClN2O3S. The minimum Gasteiger partial charge on any atom is -0.349 e. The topological polar surface area (TPSA) is 79.0 Å². The van der Waals surface area contributed by atoms with Gasteiger partial charge in [-0.25, -0.2) is 8.42 Å². The van der Waals surface area contributed by atoms with E-state index < -0.39 is 15.7 Å². The Morgan fingerprint density at radius 3 is 2.22 bits per heavy atom. The highest BCUT2D eigenvalue weighted by Crippen LogP contribution is 2.34. The number of hydrogen-bond donors (Lipinski definition) is 2. The second kappa shape index (κ2) is 8.45. The van der Waals surface area contributed by atoms with Gasteiger partial charge in [0.25, 0.3) is 5.91 Å². The van der Waals surface area contributed by atoms with Crippen LogP contribution in [0, 0.1) is 20.8 Å². The molecule has 0 spiro atoms. The highest BCUT2D eigenvalue weighted by molar-refractivity contribution is 7.91. The third-order valence-electron chi connectivity index (χ3n) is 5.29. The van der Waals surface area contributed by atoms with Crippen molar-refractivity contribution in [1.29, 1.82) is 0 Å². The molecular weight excluding hydrogens is 444 g/mol. The van der Waals surface area contributed by atoms with Crippen LogP contribution in [0.3, 0.4) is 0 Å². The molecule has 0 atom stereocenters. The quantitative estimate of drug-likeness (QED) is 0.407. The number of fused-ring (bicyclic) bond motifs is 1. The number of carbonyl (C=O) groups excluding carboxylic acids is 1. The van der Waals surface area contributed by atoms with Gasteiger partial charge < -0.3 is 10.3 Å². The maximum absolute atomic E-state index is 13.7. The summed E-state index contributed by atoms with van der Waals surface area (Å²) in [6, 6.07) is 17.8. The highest BCUT2D eigenvalue weighted by Gasteiger charge is 2.30. The molecule has 2 N–H and O–H groups in total. The van der Waals surface area contributed by atoms with Crippen LogP contribution in [0.25, 0.3) is 10.9 Å². The molecule has 0 aliphatic rings. The van der Waals surface area contributed by atoms with Crippen molar-refractivity contribution in [2.75, 3.05) is 0 Å². The van der Waals surface area contributed by atoms with E-state index in [0.717, 1.165) is 22.3 Å². The third-order valence-corrected chi connectivity index (χ3v) is 7.34. The lowest BCUT2D eigenvalue weighted by Gasteiger charge is -2.10. The molecule has 0 aliphatic heterocycles. The molecule has 7 heteroatoms. The van der Waals surface area contributed by atoms with Crippen LogP contribution in [0.1, 0.15) is 32.7 Å². The zero-order valence-electron chi connectivity index (χ0n) is 18.0. The number of hydrogen-bond acceptors (Lipinski definition) is 3. The second-order valence-corrected chi connectivity index (χ2v) is 10.3. The molecule has 0 saturated heterocycles. The summed E-state index contributed by atoms with van der Waals surface area (Å²) in [7, 11) is -4.00. The van der Waals surface area contributed by atoms with E-state index in [4.69, 9.17) is 11.6 Å². The number of carbonyl (C=O) groups is 1. The first kappa shape index (κ1) is 22.1. The predicted octanol–water partition coefficient (Wildman–Crippen LogP) is 5.51. The zero-order valence-corrected chi connectivity index (χ0v) is 19.6. The van der Waals surface area contributed by atoms with Gasteiger partial charge in [0.1, 0.15) is 10.6 Å². The van der Waals surface area contributed by atoms with Crippen molar-refractivity contribution >= 4 is 38.2 Å². The van der Waals surface area contributed by atoms with Gasteiger partial charge in [0.2, 0.25) is 9.84 Å². The number of aromatic nitrogens is 1. The van der Waals surface area contributed by atoms with Crippen molar-refractivity contribution in [3.63, 3.8) is 0 Å². The number of nitrogens with one attached hydrogen (secondary N) is 2. The molecule has 1 aromatic heterocycles. The van der Waals surface area contributed by atoms with Crippen molar-refractivity contribution in [3.8, 4) is 0 Å². The van der Waals surface area contributed by atoms with E-state index in [0.29, 0.717) is 15.9 Å². The van der Waals surface area contributed by atoms with Crippen LogP contribution in [0.4, 0.5) is 0 Å². The Bertz CT molecular complexity index is 1420. The SMILES string of the molecule is Cc1ccc(CNC(=O)c2[nH]c3ccc(Cl)cc3c2S(=O)(=O)c2cc(C)cc(C)c2)cc1.